The first-order valence-electron chi connectivity index (χ1n) is 4.01. The molecule has 15 heavy (non-hydrogen) atoms. The Morgan fingerprint density at radius 1 is 1.53 bits per heavy atom. The van der Waals surface area contributed by atoms with Gasteiger partial charge in [0.05, 0.1) is 5.69 Å². The number of aromatic amines is 1. The highest BCUT2D eigenvalue weighted by atomic mass is 35.7. The predicted octanol–water partition coefficient (Wildman–Crippen LogP) is 1.16. The number of carbonyl (C=O) groups is 1. The van der Waals surface area contributed by atoms with Crippen molar-refractivity contribution in [2.45, 2.75) is 24.7 Å². The molecule has 0 saturated heterocycles. The molecule has 6 nitrogen and oxygen atoms in total. The molecule has 0 saturated carbocycles. The van der Waals surface area contributed by atoms with Crippen LogP contribution in [0.3, 0.4) is 0 Å². The van der Waals surface area contributed by atoms with E-state index in [1.807, 2.05) is 0 Å². The van der Waals surface area contributed by atoms with Crippen LogP contribution in [-0.4, -0.2) is 29.7 Å². The minimum absolute atomic E-state index is 0.197. The normalized spacial score (nSPS) is 12.0. The third-order valence-corrected chi connectivity index (χ3v) is 3.14. The van der Waals surface area contributed by atoms with E-state index in [-0.39, 0.29) is 11.6 Å². The van der Waals surface area contributed by atoms with E-state index >= 15 is 0 Å². The van der Waals surface area contributed by atoms with Crippen LogP contribution < -0.4 is 0 Å². The van der Waals surface area contributed by atoms with Gasteiger partial charge >= 0.3 is 5.97 Å². The lowest BCUT2D eigenvalue weighted by Gasteiger charge is -2.03. The third kappa shape index (κ3) is 2.29. The van der Waals surface area contributed by atoms with E-state index in [0.29, 0.717) is 0 Å². The fraction of sp³-hybridized carbons (Fsp3) is 0.429. The summed E-state index contributed by atoms with van der Waals surface area (Å²) >= 11 is 0. The number of halogens is 1. The first kappa shape index (κ1) is 12.0. The summed E-state index contributed by atoms with van der Waals surface area (Å²) in [5.41, 5.74) is -0.379. The van der Waals surface area contributed by atoms with Crippen LogP contribution in [0.5, 0.6) is 0 Å². The maximum atomic E-state index is 11.2. The van der Waals surface area contributed by atoms with Gasteiger partial charge in [0, 0.05) is 10.7 Å². The van der Waals surface area contributed by atoms with E-state index in [2.05, 4.69) is 10.2 Å². The number of nitrogens with one attached hydrogen (secondary N) is 1. The number of H-pyrrole nitrogens is 1. The van der Waals surface area contributed by atoms with Crippen LogP contribution in [-0.2, 0) is 9.05 Å². The third-order valence-electron chi connectivity index (χ3n) is 1.77. The smallest absolute Gasteiger partial charge is 0.357 e. The largest absolute Gasteiger partial charge is 0.476 e. The van der Waals surface area contributed by atoms with Gasteiger partial charge in [0.1, 0.15) is 4.90 Å². The molecule has 0 bridgehead atoms. The van der Waals surface area contributed by atoms with Crippen molar-refractivity contribution in [3.05, 3.63) is 11.4 Å². The predicted molar refractivity (Wildman–Crippen MR) is 52.7 cm³/mol. The number of hydrogen-bond acceptors (Lipinski definition) is 4. The van der Waals surface area contributed by atoms with Crippen LogP contribution in [0.4, 0.5) is 0 Å². The fourth-order valence-electron chi connectivity index (χ4n) is 1.13. The molecule has 0 aliphatic rings. The second-order valence-corrected chi connectivity index (χ2v) is 5.72. The van der Waals surface area contributed by atoms with Gasteiger partial charge in [-0.05, 0) is 5.92 Å². The van der Waals surface area contributed by atoms with Crippen molar-refractivity contribution in [3.63, 3.8) is 0 Å². The van der Waals surface area contributed by atoms with Gasteiger partial charge in [-0.15, -0.1) is 0 Å². The number of aromatic nitrogens is 2. The lowest BCUT2D eigenvalue weighted by Crippen LogP contribution is -2.05. The quantitative estimate of drug-likeness (QED) is 0.786. The lowest BCUT2D eigenvalue weighted by molar-refractivity contribution is 0.0686. The summed E-state index contributed by atoms with van der Waals surface area (Å²) in [6.45, 7) is 3.40. The van der Waals surface area contributed by atoms with Gasteiger partial charge in [0.15, 0.2) is 5.69 Å². The van der Waals surface area contributed by atoms with Gasteiger partial charge in [-0.2, -0.15) is 5.10 Å². The molecule has 0 spiro atoms. The molecule has 0 aliphatic carbocycles. The molecule has 0 unspecified atom stereocenters. The number of hydrogen-bond donors (Lipinski definition) is 2. The van der Waals surface area contributed by atoms with Crippen molar-refractivity contribution < 1.29 is 18.3 Å². The van der Waals surface area contributed by atoms with Crippen molar-refractivity contribution in [2.24, 2.45) is 0 Å². The molecule has 2 N–H and O–H groups in total. The fourth-order valence-corrected chi connectivity index (χ4v) is 2.50. The van der Waals surface area contributed by atoms with Crippen LogP contribution >= 0.6 is 10.7 Å². The summed E-state index contributed by atoms with van der Waals surface area (Å²) in [5, 5.41) is 14.5. The van der Waals surface area contributed by atoms with Gasteiger partial charge in [0.25, 0.3) is 9.05 Å². The first-order chi connectivity index (χ1) is 6.75. The van der Waals surface area contributed by atoms with E-state index in [1.54, 1.807) is 13.8 Å². The average molecular weight is 253 g/mol. The van der Waals surface area contributed by atoms with Gasteiger partial charge < -0.3 is 5.11 Å². The summed E-state index contributed by atoms with van der Waals surface area (Å²) in [7, 11) is 1.03. The second-order valence-electron chi connectivity index (χ2n) is 3.21. The van der Waals surface area contributed by atoms with Crippen molar-refractivity contribution in [3.8, 4) is 0 Å². The van der Waals surface area contributed by atoms with E-state index in [1.165, 1.54) is 0 Å². The van der Waals surface area contributed by atoms with Crippen molar-refractivity contribution in [2.75, 3.05) is 0 Å². The summed E-state index contributed by atoms with van der Waals surface area (Å²) in [6.07, 6.45) is 0. The zero-order valence-electron chi connectivity index (χ0n) is 7.98. The van der Waals surface area contributed by atoms with Gasteiger partial charge in [-0.25, -0.2) is 13.2 Å². The van der Waals surface area contributed by atoms with Gasteiger partial charge in [0.2, 0.25) is 0 Å². The van der Waals surface area contributed by atoms with Crippen LogP contribution in [0.25, 0.3) is 0 Å². The average Bonchev–Trinajstić information content (AvgIpc) is 2.45. The Hall–Kier alpha value is -1.08. The first-order valence-corrected chi connectivity index (χ1v) is 6.32. The van der Waals surface area contributed by atoms with Gasteiger partial charge in [-0.1, -0.05) is 13.8 Å². The molecule has 0 amide bonds. The van der Waals surface area contributed by atoms with Crippen LogP contribution in [0.15, 0.2) is 4.90 Å². The lowest BCUT2D eigenvalue weighted by atomic mass is 10.1. The summed E-state index contributed by atoms with van der Waals surface area (Å²) in [5.74, 6) is -1.65. The monoisotopic (exact) mass is 252 g/mol. The van der Waals surface area contributed by atoms with Crippen molar-refractivity contribution >= 4 is 25.7 Å². The highest BCUT2D eigenvalue weighted by molar-refractivity contribution is 8.13. The maximum Gasteiger partial charge on any atom is 0.357 e. The Morgan fingerprint density at radius 2 is 2.07 bits per heavy atom. The van der Waals surface area contributed by atoms with Crippen LogP contribution in [0.2, 0.25) is 0 Å². The second kappa shape index (κ2) is 3.82. The number of carboxylic acids is 1. The van der Waals surface area contributed by atoms with E-state index in [9.17, 15) is 13.2 Å². The zero-order valence-corrected chi connectivity index (χ0v) is 9.56. The van der Waals surface area contributed by atoms with Crippen molar-refractivity contribution in [1.82, 2.24) is 10.2 Å². The molecule has 0 aliphatic heterocycles. The minimum atomic E-state index is -4.11. The molecule has 0 fully saturated rings. The zero-order chi connectivity index (χ0) is 11.8. The van der Waals surface area contributed by atoms with Crippen molar-refractivity contribution in [1.29, 1.82) is 0 Å². The Labute approximate surface area is 90.7 Å². The molecule has 0 atom stereocenters. The number of nitrogens with zero attached hydrogens (tertiary/aromatic N) is 1. The Kier molecular flexibility index (Phi) is 3.05. The Bertz CT molecular complexity index is 491. The molecule has 84 valence electrons. The summed E-state index contributed by atoms with van der Waals surface area (Å²) in [6, 6.07) is 0. The molecule has 1 aromatic rings. The van der Waals surface area contributed by atoms with E-state index in [4.69, 9.17) is 15.8 Å². The van der Waals surface area contributed by atoms with Crippen LogP contribution in [0, 0.1) is 0 Å². The molecular formula is C7H9ClN2O4S. The molecule has 1 rings (SSSR count). The maximum absolute atomic E-state index is 11.2. The number of aromatic carboxylic acids is 1. The SMILES string of the molecule is CC(C)c1[nH]nc(C(=O)O)c1S(=O)(=O)Cl. The minimum Gasteiger partial charge on any atom is -0.476 e. The standard InChI is InChI=1S/C7H9ClN2O4S/c1-3(2)4-6(15(8,13)14)5(7(11)12)10-9-4/h3H,1-2H3,(H,9,10)(H,11,12). The molecule has 0 aromatic carbocycles. The molecule has 1 aromatic heterocycles. The van der Waals surface area contributed by atoms with Gasteiger partial charge in [-0.3, -0.25) is 5.10 Å². The summed E-state index contributed by atoms with van der Waals surface area (Å²) < 4.78 is 22.4. The van der Waals surface area contributed by atoms with Crippen LogP contribution in [0.1, 0.15) is 35.9 Å². The summed E-state index contributed by atoms with van der Waals surface area (Å²) in [4.78, 5) is 10.2. The highest BCUT2D eigenvalue weighted by Gasteiger charge is 2.29. The Morgan fingerprint density at radius 3 is 2.40 bits per heavy atom. The van der Waals surface area contributed by atoms with E-state index < -0.39 is 25.6 Å². The molecular weight excluding hydrogens is 244 g/mol. The number of rotatable bonds is 3. The topological polar surface area (TPSA) is 100 Å². The highest BCUT2D eigenvalue weighted by Crippen LogP contribution is 2.27. The van der Waals surface area contributed by atoms with E-state index in [0.717, 1.165) is 0 Å². The molecule has 8 heteroatoms. The molecule has 1 heterocycles. The Balaban J connectivity index is 3.55. The molecule has 0 radical (unpaired) electrons. The number of carboxylic acid groups (broad SMARTS) is 1.